The molecule has 0 fully saturated rings. The molecule has 1 amide bonds. The minimum absolute atomic E-state index is 0.198. The lowest BCUT2D eigenvalue weighted by atomic mass is 10.5. The molecule has 0 aromatic carbocycles. The Kier molecular flexibility index (Phi) is 2.05. The number of hydrogen-bond donors (Lipinski definition) is 1. The standard InChI is InChI=1S/C7H8N4O3/c1-13-7(12)10-11-4-14-6-5(11)2-8-3-9-6/h2-3H,4H2,1H3,(H,10,12). The molecular formula is C7H8N4O3. The van der Waals surface area contributed by atoms with E-state index in [-0.39, 0.29) is 6.73 Å². The largest absolute Gasteiger partial charge is 0.453 e. The molecule has 14 heavy (non-hydrogen) atoms. The van der Waals surface area contributed by atoms with Gasteiger partial charge in [-0.1, -0.05) is 0 Å². The van der Waals surface area contributed by atoms with Gasteiger partial charge in [-0.05, 0) is 0 Å². The Morgan fingerprint density at radius 2 is 2.64 bits per heavy atom. The van der Waals surface area contributed by atoms with Crippen molar-refractivity contribution < 1.29 is 14.3 Å². The van der Waals surface area contributed by atoms with Crippen molar-refractivity contribution in [2.45, 2.75) is 0 Å². The molecule has 74 valence electrons. The monoisotopic (exact) mass is 196 g/mol. The first-order valence-corrected chi connectivity index (χ1v) is 3.86. The number of nitrogens with zero attached hydrogens (tertiary/aromatic N) is 3. The highest BCUT2D eigenvalue weighted by Crippen LogP contribution is 2.28. The van der Waals surface area contributed by atoms with Gasteiger partial charge in [0.1, 0.15) is 12.0 Å². The Labute approximate surface area is 79.6 Å². The van der Waals surface area contributed by atoms with Crippen LogP contribution in [-0.4, -0.2) is 29.9 Å². The number of ether oxygens (including phenoxy) is 2. The number of hydrogen-bond acceptors (Lipinski definition) is 6. The van der Waals surface area contributed by atoms with E-state index >= 15 is 0 Å². The second-order valence-electron chi connectivity index (χ2n) is 2.52. The number of fused-ring (bicyclic) bond motifs is 1. The number of anilines is 1. The summed E-state index contributed by atoms with van der Waals surface area (Å²) >= 11 is 0. The van der Waals surface area contributed by atoms with Crippen molar-refractivity contribution >= 4 is 11.8 Å². The lowest BCUT2D eigenvalue weighted by Gasteiger charge is -2.15. The van der Waals surface area contributed by atoms with Gasteiger partial charge >= 0.3 is 6.09 Å². The van der Waals surface area contributed by atoms with Gasteiger partial charge < -0.3 is 9.47 Å². The molecule has 1 aliphatic heterocycles. The second kappa shape index (κ2) is 3.36. The van der Waals surface area contributed by atoms with Crippen molar-refractivity contribution in [1.29, 1.82) is 0 Å². The quantitative estimate of drug-likeness (QED) is 0.676. The normalized spacial score (nSPS) is 13.1. The van der Waals surface area contributed by atoms with Crippen molar-refractivity contribution in [1.82, 2.24) is 15.4 Å². The molecule has 1 aromatic rings. The average molecular weight is 196 g/mol. The minimum atomic E-state index is -0.565. The molecule has 7 heteroatoms. The number of nitrogens with one attached hydrogen (secondary N) is 1. The number of rotatable bonds is 1. The van der Waals surface area contributed by atoms with Gasteiger partial charge in [0.2, 0.25) is 5.88 Å². The van der Waals surface area contributed by atoms with Crippen LogP contribution in [0.1, 0.15) is 0 Å². The van der Waals surface area contributed by atoms with E-state index in [2.05, 4.69) is 20.1 Å². The van der Waals surface area contributed by atoms with E-state index in [0.29, 0.717) is 11.6 Å². The molecule has 1 N–H and O–H groups in total. The van der Waals surface area contributed by atoms with Crippen molar-refractivity contribution in [2.75, 3.05) is 18.8 Å². The molecule has 0 bridgehead atoms. The zero-order valence-electron chi connectivity index (χ0n) is 7.43. The Hall–Kier alpha value is -2.05. The molecular weight excluding hydrogens is 188 g/mol. The van der Waals surface area contributed by atoms with Gasteiger partial charge in [-0.15, -0.1) is 0 Å². The van der Waals surface area contributed by atoms with E-state index in [1.165, 1.54) is 18.4 Å². The van der Waals surface area contributed by atoms with Gasteiger partial charge in [-0.3, -0.25) is 0 Å². The van der Waals surface area contributed by atoms with E-state index in [1.807, 2.05) is 0 Å². The SMILES string of the molecule is COC(=O)NN1COc2ncncc21. The lowest BCUT2D eigenvalue weighted by Crippen LogP contribution is -2.41. The summed E-state index contributed by atoms with van der Waals surface area (Å²) in [5.41, 5.74) is 3.06. The summed E-state index contributed by atoms with van der Waals surface area (Å²) in [4.78, 5) is 18.6. The summed E-state index contributed by atoms with van der Waals surface area (Å²) in [6, 6.07) is 0. The third-order valence-electron chi connectivity index (χ3n) is 1.69. The van der Waals surface area contributed by atoms with Crippen molar-refractivity contribution in [2.24, 2.45) is 0 Å². The predicted molar refractivity (Wildman–Crippen MR) is 45.5 cm³/mol. The number of amides is 1. The van der Waals surface area contributed by atoms with E-state index in [9.17, 15) is 4.79 Å². The van der Waals surface area contributed by atoms with Crippen LogP contribution in [0.5, 0.6) is 5.88 Å². The van der Waals surface area contributed by atoms with Crippen LogP contribution in [-0.2, 0) is 4.74 Å². The van der Waals surface area contributed by atoms with Crippen molar-refractivity contribution in [3.05, 3.63) is 12.5 Å². The van der Waals surface area contributed by atoms with E-state index < -0.39 is 6.09 Å². The predicted octanol–water partition coefficient (Wildman–Crippen LogP) is -0.0961. The second-order valence-corrected chi connectivity index (χ2v) is 2.52. The summed E-state index contributed by atoms with van der Waals surface area (Å²) in [6.45, 7) is 0.198. The van der Waals surface area contributed by atoms with Gasteiger partial charge in [0.05, 0.1) is 13.3 Å². The molecule has 0 unspecified atom stereocenters. The van der Waals surface area contributed by atoms with Crippen LogP contribution in [0.4, 0.5) is 10.5 Å². The molecule has 0 saturated heterocycles. The zero-order chi connectivity index (χ0) is 9.97. The molecule has 2 heterocycles. The van der Waals surface area contributed by atoms with Gasteiger partial charge in [0.15, 0.2) is 6.73 Å². The van der Waals surface area contributed by atoms with Crippen molar-refractivity contribution in [3.63, 3.8) is 0 Å². The summed E-state index contributed by atoms with van der Waals surface area (Å²) in [5.74, 6) is 0.441. The Bertz CT molecular complexity index is 357. The summed E-state index contributed by atoms with van der Waals surface area (Å²) in [7, 11) is 1.29. The zero-order valence-corrected chi connectivity index (χ0v) is 7.43. The van der Waals surface area contributed by atoms with Crippen LogP contribution in [0, 0.1) is 0 Å². The van der Waals surface area contributed by atoms with Gasteiger partial charge in [0.25, 0.3) is 0 Å². The first-order chi connectivity index (χ1) is 6.81. The first kappa shape index (κ1) is 8.54. The minimum Gasteiger partial charge on any atom is -0.453 e. The molecule has 0 radical (unpaired) electrons. The highest BCUT2D eigenvalue weighted by atomic mass is 16.6. The van der Waals surface area contributed by atoms with Crippen LogP contribution in [0.3, 0.4) is 0 Å². The number of methoxy groups -OCH3 is 1. The Morgan fingerprint density at radius 1 is 1.79 bits per heavy atom. The number of hydrazine groups is 1. The summed E-state index contributed by atoms with van der Waals surface area (Å²) < 4.78 is 9.60. The van der Waals surface area contributed by atoms with Crippen LogP contribution in [0.15, 0.2) is 12.5 Å². The fourth-order valence-electron chi connectivity index (χ4n) is 1.05. The van der Waals surface area contributed by atoms with Gasteiger partial charge in [-0.2, -0.15) is 4.98 Å². The first-order valence-electron chi connectivity index (χ1n) is 3.86. The van der Waals surface area contributed by atoms with Gasteiger partial charge in [0, 0.05) is 0 Å². The molecule has 0 saturated carbocycles. The average Bonchev–Trinajstić information content (AvgIpc) is 2.62. The molecule has 0 atom stereocenters. The fourth-order valence-corrected chi connectivity index (χ4v) is 1.05. The van der Waals surface area contributed by atoms with E-state index in [0.717, 1.165) is 0 Å². The highest BCUT2D eigenvalue weighted by Gasteiger charge is 2.23. The third-order valence-corrected chi connectivity index (χ3v) is 1.69. The number of carbonyl (C=O) groups excluding carboxylic acids is 1. The van der Waals surface area contributed by atoms with E-state index in [1.54, 1.807) is 6.20 Å². The summed E-state index contributed by atoms with van der Waals surface area (Å²) in [5, 5.41) is 1.46. The maximum atomic E-state index is 10.9. The van der Waals surface area contributed by atoms with Gasteiger partial charge in [-0.25, -0.2) is 20.2 Å². The molecule has 1 aromatic heterocycles. The van der Waals surface area contributed by atoms with E-state index in [4.69, 9.17) is 4.74 Å². The molecule has 2 rings (SSSR count). The Morgan fingerprint density at radius 3 is 3.43 bits per heavy atom. The smallest absolute Gasteiger partial charge is 0.425 e. The lowest BCUT2D eigenvalue weighted by molar-refractivity contribution is 0.167. The molecule has 7 nitrogen and oxygen atoms in total. The molecule has 0 aliphatic carbocycles. The third kappa shape index (κ3) is 1.39. The number of carbonyl (C=O) groups is 1. The Balaban J connectivity index is 2.14. The maximum absolute atomic E-state index is 10.9. The number of aromatic nitrogens is 2. The highest BCUT2D eigenvalue weighted by molar-refractivity contribution is 5.71. The van der Waals surface area contributed by atoms with Crippen molar-refractivity contribution in [3.8, 4) is 5.88 Å². The van der Waals surface area contributed by atoms with Crippen LogP contribution in [0.25, 0.3) is 0 Å². The molecule has 1 aliphatic rings. The summed E-state index contributed by atoms with van der Waals surface area (Å²) in [6.07, 6.45) is 2.36. The topological polar surface area (TPSA) is 76.6 Å². The maximum Gasteiger partial charge on any atom is 0.425 e. The molecule has 0 spiro atoms. The van der Waals surface area contributed by atoms with Crippen LogP contribution >= 0.6 is 0 Å². The fraction of sp³-hybridized carbons (Fsp3) is 0.286. The van der Waals surface area contributed by atoms with Crippen LogP contribution < -0.4 is 15.2 Å². The van der Waals surface area contributed by atoms with Crippen LogP contribution in [0.2, 0.25) is 0 Å².